The molecule has 0 aliphatic heterocycles. The predicted octanol–water partition coefficient (Wildman–Crippen LogP) is 3.27. The molecule has 1 rings (SSSR count). The van der Waals surface area contributed by atoms with Crippen LogP contribution in [0.5, 0.6) is 5.75 Å². The number of pyridine rings is 1. The molecule has 0 saturated carbocycles. The molecule has 0 aliphatic rings. The van der Waals surface area contributed by atoms with Crippen molar-refractivity contribution in [2.24, 2.45) is 5.41 Å². The molecule has 0 aromatic carbocycles. The highest BCUT2D eigenvalue weighted by Gasteiger charge is 2.10. The molecule has 2 nitrogen and oxygen atoms in total. The fourth-order valence-electron chi connectivity index (χ4n) is 0.771. The largest absolute Gasteiger partial charge is 0.491 e. The molecule has 0 aliphatic carbocycles. The van der Waals surface area contributed by atoms with Crippen LogP contribution in [-0.2, 0) is 0 Å². The van der Waals surface area contributed by atoms with E-state index < -0.39 is 0 Å². The van der Waals surface area contributed by atoms with Gasteiger partial charge in [0.1, 0.15) is 5.75 Å². The molecule has 3 heteroatoms. The molecule has 1 heterocycles. The molecule has 0 spiro atoms. The van der Waals surface area contributed by atoms with Crippen LogP contribution < -0.4 is 4.74 Å². The first kappa shape index (κ1) is 10.5. The van der Waals surface area contributed by atoms with E-state index in [1.807, 2.05) is 6.07 Å². The molecule has 0 bridgehead atoms. The lowest BCUT2D eigenvalue weighted by Gasteiger charge is -2.18. The van der Waals surface area contributed by atoms with Crippen LogP contribution in [0.15, 0.2) is 22.9 Å². The average Bonchev–Trinajstić information content (AvgIpc) is 2.00. The van der Waals surface area contributed by atoms with Gasteiger partial charge in [-0.2, -0.15) is 0 Å². The molecule has 0 atom stereocenters. The zero-order valence-corrected chi connectivity index (χ0v) is 9.76. The van der Waals surface area contributed by atoms with Crippen LogP contribution in [0.1, 0.15) is 20.8 Å². The fraction of sp³-hybridized carbons (Fsp3) is 0.500. The van der Waals surface area contributed by atoms with E-state index in [9.17, 15) is 0 Å². The van der Waals surface area contributed by atoms with Crippen LogP contribution in [0, 0.1) is 5.41 Å². The Labute approximate surface area is 87.5 Å². The van der Waals surface area contributed by atoms with E-state index in [1.54, 1.807) is 12.4 Å². The molecule has 0 unspecified atom stereocenters. The molecule has 1 aromatic heterocycles. The molecule has 0 N–H and O–H groups in total. The third-order valence-electron chi connectivity index (χ3n) is 1.35. The third kappa shape index (κ3) is 4.27. The summed E-state index contributed by atoms with van der Waals surface area (Å²) in [7, 11) is 0. The molecular weight excluding hydrogens is 230 g/mol. The van der Waals surface area contributed by atoms with E-state index in [-0.39, 0.29) is 5.41 Å². The summed E-state index contributed by atoms with van der Waals surface area (Å²) in [4.78, 5) is 4.01. The van der Waals surface area contributed by atoms with E-state index in [1.165, 1.54) is 0 Å². The Bertz CT molecular complexity index is 280. The van der Waals surface area contributed by atoms with E-state index in [2.05, 4.69) is 41.7 Å². The summed E-state index contributed by atoms with van der Waals surface area (Å²) in [6, 6.07) is 1.92. The second-order valence-corrected chi connectivity index (χ2v) is 5.10. The monoisotopic (exact) mass is 243 g/mol. The highest BCUT2D eigenvalue weighted by molar-refractivity contribution is 9.10. The molecular formula is C10H14BrNO. The molecule has 0 amide bonds. The Kier molecular flexibility index (Phi) is 3.31. The fourth-order valence-corrected chi connectivity index (χ4v) is 1.11. The number of rotatable bonds is 2. The van der Waals surface area contributed by atoms with Crippen LogP contribution >= 0.6 is 15.9 Å². The van der Waals surface area contributed by atoms with Gasteiger partial charge in [0.25, 0.3) is 0 Å². The number of ether oxygens (including phenoxy) is 1. The average molecular weight is 244 g/mol. The van der Waals surface area contributed by atoms with Crippen molar-refractivity contribution in [1.29, 1.82) is 0 Å². The summed E-state index contributed by atoms with van der Waals surface area (Å²) >= 11 is 3.34. The second-order valence-electron chi connectivity index (χ2n) is 4.19. The van der Waals surface area contributed by atoms with Crippen molar-refractivity contribution in [1.82, 2.24) is 4.98 Å². The van der Waals surface area contributed by atoms with Crippen LogP contribution in [0.3, 0.4) is 0 Å². The van der Waals surface area contributed by atoms with Gasteiger partial charge in [-0.25, -0.2) is 0 Å². The van der Waals surface area contributed by atoms with Gasteiger partial charge in [-0.3, -0.25) is 4.98 Å². The maximum Gasteiger partial charge on any atom is 0.138 e. The topological polar surface area (TPSA) is 22.1 Å². The van der Waals surface area contributed by atoms with Crippen molar-refractivity contribution in [3.05, 3.63) is 22.9 Å². The van der Waals surface area contributed by atoms with Crippen molar-refractivity contribution in [2.75, 3.05) is 6.61 Å². The number of nitrogens with zero attached hydrogens (tertiary/aromatic N) is 1. The molecule has 0 radical (unpaired) electrons. The van der Waals surface area contributed by atoms with E-state index in [4.69, 9.17) is 4.74 Å². The maximum atomic E-state index is 5.56. The van der Waals surface area contributed by atoms with Crippen molar-refractivity contribution < 1.29 is 4.74 Å². The van der Waals surface area contributed by atoms with Gasteiger partial charge in [0, 0.05) is 10.7 Å². The Hall–Kier alpha value is -0.570. The zero-order chi connectivity index (χ0) is 9.90. The van der Waals surface area contributed by atoms with E-state index >= 15 is 0 Å². The molecule has 72 valence electrons. The Morgan fingerprint density at radius 1 is 1.38 bits per heavy atom. The van der Waals surface area contributed by atoms with Crippen molar-refractivity contribution in [3.8, 4) is 5.75 Å². The first-order valence-corrected chi connectivity index (χ1v) is 5.00. The van der Waals surface area contributed by atoms with Crippen LogP contribution in [0.4, 0.5) is 0 Å². The van der Waals surface area contributed by atoms with Gasteiger partial charge in [0.15, 0.2) is 0 Å². The maximum absolute atomic E-state index is 5.56. The summed E-state index contributed by atoms with van der Waals surface area (Å²) in [5, 5.41) is 0. The quantitative estimate of drug-likeness (QED) is 0.796. The Morgan fingerprint density at radius 3 is 2.62 bits per heavy atom. The minimum Gasteiger partial charge on any atom is -0.491 e. The minimum absolute atomic E-state index is 0.183. The standard InChI is InChI=1S/C10H14BrNO/c1-10(2,3)7-13-9-4-8(11)5-12-6-9/h4-6H,7H2,1-3H3. The minimum atomic E-state index is 0.183. The lowest BCUT2D eigenvalue weighted by molar-refractivity contribution is 0.197. The van der Waals surface area contributed by atoms with Gasteiger partial charge in [0.2, 0.25) is 0 Å². The zero-order valence-electron chi connectivity index (χ0n) is 8.17. The lowest BCUT2D eigenvalue weighted by atomic mass is 9.99. The smallest absolute Gasteiger partial charge is 0.138 e. The van der Waals surface area contributed by atoms with Crippen molar-refractivity contribution >= 4 is 15.9 Å². The predicted molar refractivity (Wildman–Crippen MR) is 56.9 cm³/mol. The molecule has 13 heavy (non-hydrogen) atoms. The van der Waals surface area contributed by atoms with Gasteiger partial charge >= 0.3 is 0 Å². The SMILES string of the molecule is CC(C)(C)COc1cncc(Br)c1. The van der Waals surface area contributed by atoms with E-state index in [0.29, 0.717) is 6.61 Å². The van der Waals surface area contributed by atoms with Gasteiger partial charge < -0.3 is 4.74 Å². The lowest BCUT2D eigenvalue weighted by Crippen LogP contribution is -2.16. The van der Waals surface area contributed by atoms with Crippen LogP contribution in [0.2, 0.25) is 0 Å². The molecule has 0 saturated heterocycles. The first-order valence-electron chi connectivity index (χ1n) is 4.21. The summed E-state index contributed by atoms with van der Waals surface area (Å²) in [6.45, 7) is 7.11. The summed E-state index contributed by atoms with van der Waals surface area (Å²) in [6.07, 6.45) is 3.46. The van der Waals surface area contributed by atoms with Crippen molar-refractivity contribution in [3.63, 3.8) is 0 Å². The van der Waals surface area contributed by atoms with E-state index in [0.717, 1.165) is 10.2 Å². The highest BCUT2D eigenvalue weighted by Crippen LogP contribution is 2.19. The Balaban J connectivity index is 2.55. The first-order chi connectivity index (χ1) is 5.97. The number of hydrogen-bond acceptors (Lipinski definition) is 2. The molecule has 0 fully saturated rings. The van der Waals surface area contributed by atoms with Gasteiger partial charge in [-0.15, -0.1) is 0 Å². The Morgan fingerprint density at radius 2 is 2.08 bits per heavy atom. The van der Waals surface area contributed by atoms with Gasteiger partial charge in [-0.1, -0.05) is 20.8 Å². The summed E-state index contributed by atoms with van der Waals surface area (Å²) in [5.41, 5.74) is 0.183. The second kappa shape index (κ2) is 4.09. The van der Waals surface area contributed by atoms with Crippen LogP contribution in [0.25, 0.3) is 0 Å². The van der Waals surface area contributed by atoms with Crippen LogP contribution in [-0.4, -0.2) is 11.6 Å². The normalized spacial score (nSPS) is 11.4. The van der Waals surface area contributed by atoms with Gasteiger partial charge in [-0.05, 0) is 27.4 Å². The number of halogens is 1. The van der Waals surface area contributed by atoms with Crippen molar-refractivity contribution in [2.45, 2.75) is 20.8 Å². The summed E-state index contributed by atoms with van der Waals surface area (Å²) in [5.74, 6) is 0.810. The molecule has 1 aromatic rings. The summed E-state index contributed by atoms with van der Waals surface area (Å²) < 4.78 is 6.50. The highest BCUT2D eigenvalue weighted by atomic mass is 79.9. The third-order valence-corrected chi connectivity index (χ3v) is 1.79. The number of hydrogen-bond donors (Lipinski definition) is 0. The number of aromatic nitrogens is 1. The van der Waals surface area contributed by atoms with Gasteiger partial charge in [0.05, 0.1) is 12.8 Å².